The molecular formula is C26H30N2O4S. The van der Waals surface area contributed by atoms with Crippen molar-refractivity contribution in [3.8, 4) is 5.75 Å². The minimum Gasteiger partial charge on any atom is -0.489 e. The Balaban J connectivity index is 1.62. The summed E-state index contributed by atoms with van der Waals surface area (Å²) in [5, 5.41) is 2.78. The molecule has 1 N–H and O–H groups in total. The Morgan fingerprint density at radius 3 is 2.18 bits per heavy atom. The predicted molar refractivity (Wildman–Crippen MR) is 133 cm³/mol. The average molecular weight is 467 g/mol. The van der Waals surface area contributed by atoms with Crippen LogP contribution in [0.4, 0.5) is 11.4 Å². The maximum absolute atomic E-state index is 12.6. The van der Waals surface area contributed by atoms with E-state index in [4.69, 9.17) is 4.74 Å². The number of benzene rings is 3. The molecule has 0 saturated carbocycles. The second-order valence-electron chi connectivity index (χ2n) is 7.89. The quantitative estimate of drug-likeness (QED) is 0.431. The van der Waals surface area contributed by atoms with E-state index in [2.05, 4.69) is 12.2 Å². The highest BCUT2D eigenvalue weighted by Crippen LogP contribution is 2.22. The Hall–Kier alpha value is -3.32. The van der Waals surface area contributed by atoms with E-state index in [0.717, 1.165) is 35.4 Å². The van der Waals surface area contributed by atoms with E-state index in [9.17, 15) is 13.2 Å². The van der Waals surface area contributed by atoms with Gasteiger partial charge in [-0.05, 0) is 60.4 Å². The first-order valence-corrected chi connectivity index (χ1v) is 12.8. The summed E-state index contributed by atoms with van der Waals surface area (Å²) in [5.74, 6) is 0.204. The van der Waals surface area contributed by atoms with Crippen molar-refractivity contribution in [1.82, 2.24) is 0 Å². The molecule has 0 saturated heterocycles. The molecule has 0 atom stereocenters. The van der Waals surface area contributed by atoms with Crippen LogP contribution >= 0.6 is 0 Å². The maximum atomic E-state index is 12.6. The molecule has 0 heterocycles. The second-order valence-corrected chi connectivity index (χ2v) is 9.79. The molecule has 0 fully saturated rings. The summed E-state index contributed by atoms with van der Waals surface area (Å²) >= 11 is 0. The van der Waals surface area contributed by atoms with Gasteiger partial charge < -0.3 is 10.1 Å². The van der Waals surface area contributed by atoms with Crippen molar-refractivity contribution >= 4 is 27.3 Å². The number of carbonyl (C=O) groups excluding carboxylic acids is 1. The van der Waals surface area contributed by atoms with Crippen LogP contribution in [-0.4, -0.2) is 27.1 Å². The van der Waals surface area contributed by atoms with Crippen molar-refractivity contribution in [2.45, 2.75) is 32.8 Å². The van der Waals surface area contributed by atoms with Crippen molar-refractivity contribution in [2.24, 2.45) is 0 Å². The Morgan fingerprint density at radius 2 is 1.58 bits per heavy atom. The summed E-state index contributed by atoms with van der Waals surface area (Å²) in [6.07, 6.45) is 4.32. The number of unbranched alkanes of at least 4 members (excludes halogenated alkanes) is 1. The third-order valence-corrected chi connectivity index (χ3v) is 6.26. The number of aryl methyl sites for hydroxylation is 1. The lowest BCUT2D eigenvalue weighted by molar-refractivity contribution is -0.114. The van der Waals surface area contributed by atoms with Gasteiger partial charge in [-0.15, -0.1) is 0 Å². The van der Waals surface area contributed by atoms with Crippen LogP contribution in [0.2, 0.25) is 0 Å². The number of anilines is 2. The van der Waals surface area contributed by atoms with Gasteiger partial charge in [0.25, 0.3) is 0 Å². The molecule has 0 aliphatic rings. The summed E-state index contributed by atoms with van der Waals surface area (Å²) < 4.78 is 31.6. The van der Waals surface area contributed by atoms with Gasteiger partial charge >= 0.3 is 0 Å². The smallest absolute Gasteiger partial charge is 0.245 e. The van der Waals surface area contributed by atoms with Gasteiger partial charge in [0.1, 0.15) is 18.9 Å². The van der Waals surface area contributed by atoms with Crippen molar-refractivity contribution < 1.29 is 17.9 Å². The van der Waals surface area contributed by atoms with Gasteiger partial charge in [-0.1, -0.05) is 55.8 Å². The normalized spacial score (nSPS) is 11.1. The van der Waals surface area contributed by atoms with Crippen LogP contribution in [0.5, 0.6) is 5.75 Å². The monoisotopic (exact) mass is 466 g/mol. The third-order valence-electron chi connectivity index (χ3n) is 5.12. The van der Waals surface area contributed by atoms with E-state index < -0.39 is 15.9 Å². The first-order chi connectivity index (χ1) is 15.8. The topological polar surface area (TPSA) is 75.7 Å². The van der Waals surface area contributed by atoms with Gasteiger partial charge in [-0.3, -0.25) is 9.10 Å². The van der Waals surface area contributed by atoms with E-state index in [1.807, 2.05) is 54.6 Å². The van der Waals surface area contributed by atoms with Crippen molar-refractivity contribution in [3.63, 3.8) is 0 Å². The van der Waals surface area contributed by atoms with Crippen LogP contribution in [0.25, 0.3) is 0 Å². The third kappa shape index (κ3) is 7.64. The number of amides is 1. The Kier molecular flexibility index (Phi) is 8.49. The molecule has 0 unspecified atom stereocenters. The minimum absolute atomic E-state index is 0.319. The number of nitrogens with zero attached hydrogens (tertiary/aromatic N) is 1. The van der Waals surface area contributed by atoms with Crippen LogP contribution in [0.1, 0.15) is 30.9 Å². The zero-order valence-electron chi connectivity index (χ0n) is 19.0. The number of hydrogen-bond donors (Lipinski definition) is 1. The summed E-state index contributed by atoms with van der Waals surface area (Å²) in [6.45, 7) is 2.24. The van der Waals surface area contributed by atoms with E-state index in [0.29, 0.717) is 23.7 Å². The molecule has 0 radical (unpaired) electrons. The zero-order valence-corrected chi connectivity index (χ0v) is 19.8. The number of hydrogen-bond acceptors (Lipinski definition) is 4. The largest absolute Gasteiger partial charge is 0.489 e. The number of carbonyl (C=O) groups is 1. The lowest BCUT2D eigenvalue weighted by atomic mass is 10.1. The molecule has 0 aromatic heterocycles. The summed E-state index contributed by atoms with van der Waals surface area (Å²) in [7, 11) is -3.66. The van der Waals surface area contributed by atoms with Crippen LogP contribution in [0.3, 0.4) is 0 Å². The van der Waals surface area contributed by atoms with Crippen molar-refractivity contribution in [3.05, 3.63) is 90.0 Å². The van der Waals surface area contributed by atoms with Gasteiger partial charge in [-0.25, -0.2) is 8.42 Å². The highest BCUT2D eigenvalue weighted by molar-refractivity contribution is 7.92. The summed E-state index contributed by atoms with van der Waals surface area (Å²) in [4.78, 5) is 12.6. The molecule has 0 aliphatic carbocycles. The second kappa shape index (κ2) is 11.5. The van der Waals surface area contributed by atoms with Crippen LogP contribution in [0.15, 0.2) is 78.9 Å². The fourth-order valence-electron chi connectivity index (χ4n) is 3.32. The standard InChI is InChI=1S/C26H30N2O4S/c1-3-4-8-21-11-13-23(14-12-21)27-26(29)19-28(33(2,30)31)24-15-17-25(18-16-24)32-20-22-9-6-5-7-10-22/h5-7,9-18H,3-4,8,19-20H2,1-2H3,(H,27,29). The molecule has 1 amide bonds. The molecule has 174 valence electrons. The Morgan fingerprint density at radius 1 is 0.909 bits per heavy atom. The highest BCUT2D eigenvalue weighted by Gasteiger charge is 2.21. The molecule has 0 aliphatic heterocycles. The Labute approximate surface area is 196 Å². The SMILES string of the molecule is CCCCc1ccc(NC(=O)CN(c2ccc(OCc3ccccc3)cc2)S(C)(=O)=O)cc1. The van der Waals surface area contributed by atoms with Crippen LogP contribution < -0.4 is 14.4 Å². The molecule has 3 aromatic rings. The fourth-order valence-corrected chi connectivity index (χ4v) is 4.17. The molecule has 0 spiro atoms. The molecule has 3 rings (SSSR count). The molecule has 7 heteroatoms. The average Bonchev–Trinajstić information content (AvgIpc) is 2.81. The number of nitrogens with one attached hydrogen (secondary N) is 1. The first kappa shape index (κ1) is 24.3. The molecule has 6 nitrogen and oxygen atoms in total. The predicted octanol–water partition coefficient (Wildman–Crippen LogP) is 5.01. The van der Waals surface area contributed by atoms with Gasteiger partial charge in [0.05, 0.1) is 11.9 Å². The van der Waals surface area contributed by atoms with Crippen LogP contribution in [0, 0.1) is 0 Å². The van der Waals surface area contributed by atoms with Crippen LogP contribution in [-0.2, 0) is 27.8 Å². The minimum atomic E-state index is -3.66. The van der Waals surface area contributed by atoms with E-state index in [-0.39, 0.29) is 6.54 Å². The highest BCUT2D eigenvalue weighted by atomic mass is 32.2. The van der Waals surface area contributed by atoms with Crippen molar-refractivity contribution in [1.29, 1.82) is 0 Å². The molecule has 3 aromatic carbocycles. The summed E-state index contributed by atoms with van der Waals surface area (Å²) in [6, 6.07) is 24.1. The maximum Gasteiger partial charge on any atom is 0.245 e. The lowest BCUT2D eigenvalue weighted by Crippen LogP contribution is -2.37. The van der Waals surface area contributed by atoms with Gasteiger partial charge in [-0.2, -0.15) is 0 Å². The zero-order chi connectivity index (χ0) is 23.7. The Bertz CT molecular complexity index is 1130. The molecule has 0 bridgehead atoms. The van der Waals surface area contributed by atoms with Crippen molar-refractivity contribution in [2.75, 3.05) is 22.4 Å². The summed E-state index contributed by atoms with van der Waals surface area (Å²) in [5.41, 5.74) is 3.28. The number of sulfonamides is 1. The van der Waals surface area contributed by atoms with E-state index in [1.54, 1.807) is 24.3 Å². The number of rotatable bonds is 11. The molecular weight excluding hydrogens is 436 g/mol. The van der Waals surface area contributed by atoms with Gasteiger partial charge in [0.15, 0.2) is 0 Å². The van der Waals surface area contributed by atoms with Gasteiger partial charge in [0.2, 0.25) is 15.9 Å². The lowest BCUT2D eigenvalue weighted by Gasteiger charge is -2.22. The van der Waals surface area contributed by atoms with E-state index >= 15 is 0 Å². The van der Waals surface area contributed by atoms with Gasteiger partial charge in [0, 0.05) is 5.69 Å². The fraction of sp³-hybridized carbons (Fsp3) is 0.269. The first-order valence-electron chi connectivity index (χ1n) is 11.0. The van der Waals surface area contributed by atoms with E-state index in [1.165, 1.54) is 5.56 Å². The number of ether oxygens (including phenoxy) is 1. The molecule has 33 heavy (non-hydrogen) atoms.